The zero-order valence-electron chi connectivity index (χ0n) is 15.9. The molecule has 1 aliphatic heterocycles. The summed E-state index contributed by atoms with van der Waals surface area (Å²) >= 11 is 12.4. The summed E-state index contributed by atoms with van der Waals surface area (Å²) in [4.78, 5) is 24.9. The van der Waals surface area contributed by atoms with E-state index in [1.54, 1.807) is 18.2 Å². The zero-order valence-corrected chi connectivity index (χ0v) is 17.4. The molecule has 3 aromatic carbocycles. The minimum Gasteiger partial charge on any atom is -0.376 e. The molecule has 0 saturated heterocycles. The summed E-state index contributed by atoms with van der Waals surface area (Å²) in [6.45, 7) is -0.0423. The Hall–Kier alpha value is -3.02. The number of hydrogen-bond donors (Lipinski definition) is 3. The van der Waals surface area contributed by atoms with Crippen LogP contribution in [-0.4, -0.2) is 18.4 Å². The van der Waals surface area contributed by atoms with Crippen LogP contribution < -0.4 is 16.4 Å². The highest BCUT2D eigenvalue weighted by Gasteiger charge is 2.49. The molecule has 0 saturated carbocycles. The molecule has 4 rings (SSSR count). The molecule has 0 radical (unpaired) electrons. The molecular formula is C23H19Cl2N3O2. The first kappa shape index (κ1) is 20.3. The number of amides is 2. The molecule has 1 aliphatic rings. The van der Waals surface area contributed by atoms with Gasteiger partial charge in [-0.25, -0.2) is 0 Å². The third-order valence-corrected chi connectivity index (χ3v) is 5.75. The number of hydrogen-bond acceptors (Lipinski definition) is 3. The summed E-state index contributed by atoms with van der Waals surface area (Å²) in [7, 11) is 0. The first-order valence-corrected chi connectivity index (χ1v) is 10.1. The van der Waals surface area contributed by atoms with Crippen LogP contribution in [0.3, 0.4) is 0 Å². The van der Waals surface area contributed by atoms with Crippen molar-refractivity contribution >= 4 is 46.4 Å². The van der Waals surface area contributed by atoms with Gasteiger partial charge in [-0.15, -0.1) is 0 Å². The van der Waals surface area contributed by atoms with E-state index >= 15 is 0 Å². The van der Waals surface area contributed by atoms with Crippen LogP contribution >= 0.6 is 23.2 Å². The van der Waals surface area contributed by atoms with Gasteiger partial charge in [-0.05, 0) is 53.4 Å². The van der Waals surface area contributed by atoms with E-state index in [9.17, 15) is 9.59 Å². The van der Waals surface area contributed by atoms with E-state index < -0.39 is 11.3 Å². The minimum absolute atomic E-state index is 0.0423. The Morgan fingerprint density at radius 3 is 2.50 bits per heavy atom. The first-order valence-electron chi connectivity index (χ1n) is 9.38. The second-order valence-electron chi connectivity index (χ2n) is 7.22. The van der Waals surface area contributed by atoms with Crippen molar-refractivity contribution in [2.45, 2.75) is 11.8 Å². The average molecular weight is 440 g/mol. The molecule has 0 aliphatic carbocycles. The molecule has 0 aromatic heterocycles. The molecule has 0 spiro atoms. The van der Waals surface area contributed by atoms with Gasteiger partial charge in [0.15, 0.2) is 0 Å². The highest BCUT2D eigenvalue weighted by atomic mass is 35.5. The van der Waals surface area contributed by atoms with Gasteiger partial charge in [0, 0.05) is 21.4 Å². The fraction of sp³-hybridized carbons (Fsp3) is 0.130. The van der Waals surface area contributed by atoms with E-state index in [-0.39, 0.29) is 12.5 Å². The number of carbonyl (C=O) groups excluding carboxylic acids is 2. The van der Waals surface area contributed by atoms with Crippen LogP contribution in [0.5, 0.6) is 0 Å². The minimum atomic E-state index is -1.04. The number of benzene rings is 3. The quantitative estimate of drug-likeness (QED) is 0.532. The van der Waals surface area contributed by atoms with Gasteiger partial charge in [-0.2, -0.15) is 0 Å². The van der Waals surface area contributed by atoms with E-state index in [0.29, 0.717) is 27.8 Å². The van der Waals surface area contributed by atoms with Crippen LogP contribution in [0, 0.1) is 0 Å². The lowest BCUT2D eigenvalue weighted by molar-refractivity contribution is -0.119. The number of halogens is 2. The lowest BCUT2D eigenvalue weighted by atomic mass is 9.70. The number of nitrogens with one attached hydrogen (secondary N) is 2. The van der Waals surface area contributed by atoms with Crippen molar-refractivity contribution in [1.29, 1.82) is 0 Å². The molecule has 5 nitrogen and oxygen atoms in total. The van der Waals surface area contributed by atoms with E-state index in [0.717, 1.165) is 16.7 Å². The molecule has 0 bridgehead atoms. The Bertz CT molecular complexity index is 1150. The molecular weight excluding hydrogens is 421 g/mol. The number of rotatable bonds is 6. The molecule has 1 heterocycles. The molecule has 1 atom stereocenters. The van der Waals surface area contributed by atoms with Crippen molar-refractivity contribution in [3.63, 3.8) is 0 Å². The Kier molecular flexibility index (Phi) is 5.41. The third-order valence-electron chi connectivity index (χ3n) is 5.28. The number of nitrogens with two attached hydrogens (primary N) is 1. The summed E-state index contributed by atoms with van der Waals surface area (Å²) in [6.07, 6.45) is 0.378. The predicted octanol–water partition coefficient (Wildman–Crippen LogP) is 4.37. The number of anilines is 2. The SMILES string of the molecule is NC(=O)CNc1ccccc1C1(Cc2cccc(Cl)c2)C(=O)Nc2cc(Cl)ccc21. The van der Waals surface area contributed by atoms with E-state index in [2.05, 4.69) is 10.6 Å². The van der Waals surface area contributed by atoms with Gasteiger partial charge in [-0.3, -0.25) is 9.59 Å². The molecule has 152 valence electrons. The van der Waals surface area contributed by atoms with Crippen molar-refractivity contribution in [3.05, 3.63) is 93.5 Å². The van der Waals surface area contributed by atoms with Gasteiger partial charge in [0.25, 0.3) is 0 Å². The highest BCUT2D eigenvalue weighted by molar-refractivity contribution is 6.31. The van der Waals surface area contributed by atoms with Gasteiger partial charge in [0.1, 0.15) is 5.41 Å². The van der Waals surface area contributed by atoms with Crippen molar-refractivity contribution in [2.24, 2.45) is 5.73 Å². The smallest absolute Gasteiger partial charge is 0.240 e. The zero-order chi connectivity index (χ0) is 21.3. The largest absolute Gasteiger partial charge is 0.376 e. The standard InChI is InChI=1S/C23H19Cl2N3O2/c24-15-5-3-4-14(10-15)12-23(17-6-1-2-7-19(17)27-13-21(26)29)18-9-8-16(25)11-20(18)28-22(23)30/h1-11,27H,12-13H2,(H2,26,29)(H,28,30). The Balaban J connectivity index is 1.93. The van der Waals surface area contributed by atoms with Crippen LogP contribution in [0.25, 0.3) is 0 Å². The van der Waals surface area contributed by atoms with Crippen molar-refractivity contribution < 1.29 is 9.59 Å². The molecule has 7 heteroatoms. The molecule has 1 unspecified atom stereocenters. The van der Waals surface area contributed by atoms with Crippen LogP contribution in [0.1, 0.15) is 16.7 Å². The Morgan fingerprint density at radius 1 is 0.967 bits per heavy atom. The van der Waals surface area contributed by atoms with Crippen molar-refractivity contribution in [1.82, 2.24) is 0 Å². The summed E-state index contributed by atoms with van der Waals surface area (Å²) in [6, 6.07) is 20.3. The maximum atomic E-state index is 13.5. The number of primary amides is 1. The van der Waals surface area contributed by atoms with Crippen molar-refractivity contribution in [3.8, 4) is 0 Å². The molecule has 3 aromatic rings. The maximum absolute atomic E-state index is 13.5. The molecule has 30 heavy (non-hydrogen) atoms. The van der Waals surface area contributed by atoms with Crippen LogP contribution in [0.15, 0.2) is 66.7 Å². The molecule has 2 amide bonds. The fourth-order valence-corrected chi connectivity index (χ4v) is 4.41. The van der Waals surface area contributed by atoms with Gasteiger partial charge in [0.2, 0.25) is 11.8 Å². The molecule has 4 N–H and O–H groups in total. The van der Waals surface area contributed by atoms with E-state index in [4.69, 9.17) is 28.9 Å². The van der Waals surface area contributed by atoms with Crippen LogP contribution in [-0.2, 0) is 21.4 Å². The lowest BCUT2D eigenvalue weighted by Gasteiger charge is -2.31. The monoisotopic (exact) mass is 439 g/mol. The third kappa shape index (κ3) is 3.62. The summed E-state index contributed by atoms with van der Waals surface area (Å²) in [5.74, 6) is -0.662. The van der Waals surface area contributed by atoms with Gasteiger partial charge in [-0.1, -0.05) is 59.6 Å². The van der Waals surface area contributed by atoms with Gasteiger partial charge < -0.3 is 16.4 Å². The Morgan fingerprint density at radius 2 is 1.73 bits per heavy atom. The van der Waals surface area contributed by atoms with Gasteiger partial charge >= 0.3 is 0 Å². The second kappa shape index (κ2) is 8.01. The van der Waals surface area contributed by atoms with Crippen LogP contribution in [0.4, 0.5) is 11.4 Å². The number of fused-ring (bicyclic) bond motifs is 1. The van der Waals surface area contributed by atoms with Crippen LogP contribution in [0.2, 0.25) is 10.0 Å². The maximum Gasteiger partial charge on any atom is 0.240 e. The first-order chi connectivity index (χ1) is 14.4. The number of carbonyl (C=O) groups is 2. The average Bonchev–Trinajstić information content (AvgIpc) is 2.97. The highest BCUT2D eigenvalue weighted by Crippen LogP contribution is 2.48. The predicted molar refractivity (Wildman–Crippen MR) is 120 cm³/mol. The number of para-hydroxylation sites is 1. The second-order valence-corrected chi connectivity index (χ2v) is 8.09. The summed E-state index contributed by atoms with van der Waals surface area (Å²) in [5.41, 5.74) is 8.08. The normalized spacial score (nSPS) is 17.3. The topological polar surface area (TPSA) is 84.2 Å². The fourth-order valence-electron chi connectivity index (χ4n) is 4.03. The Labute approximate surface area is 184 Å². The van der Waals surface area contributed by atoms with Crippen molar-refractivity contribution in [2.75, 3.05) is 17.2 Å². The molecule has 0 fully saturated rings. The summed E-state index contributed by atoms with van der Waals surface area (Å²) in [5, 5.41) is 7.18. The van der Waals surface area contributed by atoms with E-state index in [1.165, 1.54) is 0 Å². The lowest BCUT2D eigenvalue weighted by Crippen LogP contribution is -2.39. The van der Waals surface area contributed by atoms with E-state index in [1.807, 2.05) is 48.5 Å². The van der Waals surface area contributed by atoms with Gasteiger partial charge in [0.05, 0.1) is 6.54 Å². The summed E-state index contributed by atoms with van der Waals surface area (Å²) < 4.78 is 0.